The highest BCUT2D eigenvalue weighted by molar-refractivity contribution is 6.04. The molecule has 5 heteroatoms. The molecule has 4 aromatic rings. The van der Waals surface area contributed by atoms with Crippen molar-refractivity contribution in [3.8, 4) is 0 Å². The van der Waals surface area contributed by atoms with Gasteiger partial charge in [0.05, 0.1) is 17.4 Å². The lowest BCUT2D eigenvalue weighted by atomic mass is 10.1. The number of hydrogen-bond donors (Lipinski definition) is 3. The fourth-order valence-corrected chi connectivity index (χ4v) is 2.89. The number of hydrogen-bond acceptors (Lipinski definition) is 2. The zero-order chi connectivity index (χ0) is 15.6. The molecule has 0 aliphatic rings. The third-order valence-electron chi connectivity index (χ3n) is 4.05. The first-order valence-electron chi connectivity index (χ1n) is 7.58. The average Bonchev–Trinajstić information content (AvgIpc) is 3.21. The van der Waals surface area contributed by atoms with E-state index in [-0.39, 0.29) is 5.91 Å². The number of nitrogens with zero attached hydrogens (tertiary/aromatic N) is 1. The minimum atomic E-state index is -0.0949. The molecule has 2 aromatic heterocycles. The number of nitrogens with one attached hydrogen (secondary N) is 3. The van der Waals surface area contributed by atoms with E-state index in [1.165, 1.54) is 10.9 Å². The van der Waals surface area contributed by atoms with E-state index >= 15 is 0 Å². The Hall–Kier alpha value is -3.08. The first-order valence-corrected chi connectivity index (χ1v) is 7.58. The Labute approximate surface area is 132 Å². The Bertz CT molecular complexity index is 983. The molecule has 2 aromatic carbocycles. The number of carbonyl (C=O) groups excluding carboxylic acids is 1. The van der Waals surface area contributed by atoms with E-state index < -0.39 is 0 Å². The van der Waals surface area contributed by atoms with Gasteiger partial charge in [-0.25, -0.2) is 4.98 Å². The maximum Gasteiger partial charge on any atom is 0.253 e. The van der Waals surface area contributed by atoms with Crippen LogP contribution in [0.15, 0.2) is 55.0 Å². The van der Waals surface area contributed by atoms with Crippen LogP contribution in [0.4, 0.5) is 0 Å². The predicted molar refractivity (Wildman–Crippen MR) is 90.4 cm³/mol. The molecule has 114 valence electrons. The van der Waals surface area contributed by atoms with E-state index in [0.29, 0.717) is 17.6 Å². The molecular weight excluding hydrogens is 288 g/mol. The van der Waals surface area contributed by atoms with Gasteiger partial charge in [-0.2, -0.15) is 0 Å². The van der Waals surface area contributed by atoms with Crippen LogP contribution in [0.1, 0.15) is 15.9 Å². The number of benzene rings is 2. The molecule has 0 radical (unpaired) electrons. The van der Waals surface area contributed by atoms with Gasteiger partial charge in [0.15, 0.2) is 0 Å². The van der Waals surface area contributed by atoms with Crippen molar-refractivity contribution in [3.05, 3.63) is 66.1 Å². The van der Waals surface area contributed by atoms with E-state index in [4.69, 9.17) is 0 Å². The van der Waals surface area contributed by atoms with Crippen LogP contribution in [0.5, 0.6) is 0 Å². The second kappa shape index (κ2) is 5.61. The smallest absolute Gasteiger partial charge is 0.253 e. The van der Waals surface area contributed by atoms with Crippen LogP contribution in [0.3, 0.4) is 0 Å². The summed E-state index contributed by atoms with van der Waals surface area (Å²) in [6, 6.07) is 13.7. The molecule has 0 unspecified atom stereocenters. The van der Waals surface area contributed by atoms with Crippen molar-refractivity contribution in [2.45, 2.75) is 6.42 Å². The molecule has 3 N–H and O–H groups in total. The van der Waals surface area contributed by atoms with Gasteiger partial charge in [-0.1, -0.05) is 24.3 Å². The van der Waals surface area contributed by atoms with E-state index in [1.807, 2.05) is 30.5 Å². The average molecular weight is 304 g/mol. The number of imidazole rings is 1. The lowest BCUT2D eigenvalue weighted by molar-refractivity contribution is 0.0955. The summed E-state index contributed by atoms with van der Waals surface area (Å²) in [5, 5.41) is 4.18. The van der Waals surface area contributed by atoms with Gasteiger partial charge in [-0.05, 0) is 30.2 Å². The number of aromatic nitrogens is 3. The number of amides is 1. The Morgan fingerprint density at radius 2 is 1.91 bits per heavy atom. The molecule has 0 aliphatic heterocycles. The largest absolute Gasteiger partial charge is 0.361 e. The molecule has 0 saturated heterocycles. The van der Waals surface area contributed by atoms with Crippen molar-refractivity contribution < 1.29 is 4.79 Å². The zero-order valence-corrected chi connectivity index (χ0v) is 12.5. The van der Waals surface area contributed by atoms with Crippen LogP contribution in [0, 0.1) is 0 Å². The molecule has 0 saturated carbocycles. The molecular formula is C18H16N4O. The first-order chi connectivity index (χ1) is 11.3. The van der Waals surface area contributed by atoms with Crippen molar-refractivity contribution in [1.82, 2.24) is 20.3 Å². The van der Waals surface area contributed by atoms with Crippen molar-refractivity contribution in [3.63, 3.8) is 0 Å². The summed E-state index contributed by atoms with van der Waals surface area (Å²) in [5.74, 6) is -0.0949. The molecule has 0 spiro atoms. The highest BCUT2D eigenvalue weighted by Gasteiger charge is 2.11. The third-order valence-corrected chi connectivity index (χ3v) is 4.05. The number of carbonyl (C=O) groups is 1. The normalized spacial score (nSPS) is 11.1. The summed E-state index contributed by atoms with van der Waals surface area (Å²) >= 11 is 0. The summed E-state index contributed by atoms with van der Waals surface area (Å²) in [6.07, 6.45) is 4.39. The van der Waals surface area contributed by atoms with Crippen LogP contribution < -0.4 is 5.32 Å². The highest BCUT2D eigenvalue weighted by atomic mass is 16.1. The van der Waals surface area contributed by atoms with E-state index in [0.717, 1.165) is 17.5 Å². The number of rotatable bonds is 4. The highest BCUT2D eigenvalue weighted by Crippen LogP contribution is 2.18. The maximum atomic E-state index is 12.4. The Balaban J connectivity index is 1.47. The van der Waals surface area contributed by atoms with Crippen LogP contribution in [-0.2, 0) is 6.42 Å². The number of fused-ring (bicyclic) bond motifs is 2. The minimum absolute atomic E-state index is 0.0949. The van der Waals surface area contributed by atoms with Gasteiger partial charge in [0, 0.05) is 23.6 Å². The topological polar surface area (TPSA) is 73.6 Å². The number of H-pyrrole nitrogens is 2. The third kappa shape index (κ3) is 2.46. The molecule has 0 fully saturated rings. The summed E-state index contributed by atoms with van der Waals surface area (Å²) in [7, 11) is 0. The van der Waals surface area contributed by atoms with Crippen molar-refractivity contribution >= 4 is 27.8 Å². The molecule has 0 aliphatic carbocycles. The summed E-state index contributed by atoms with van der Waals surface area (Å²) in [5.41, 5.74) is 4.50. The van der Waals surface area contributed by atoms with Crippen molar-refractivity contribution in [2.75, 3.05) is 6.54 Å². The summed E-state index contributed by atoms with van der Waals surface area (Å²) < 4.78 is 0. The molecule has 0 bridgehead atoms. The quantitative estimate of drug-likeness (QED) is 0.542. The van der Waals surface area contributed by atoms with Crippen molar-refractivity contribution in [1.29, 1.82) is 0 Å². The van der Waals surface area contributed by atoms with Crippen molar-refractivity contribution in [2.24, 2.45) is 0 Å². The number of aromatic amines is 2. The number of para-hydroxylation sites is 2. The lowest BCUT2D eigenvalue weighted by Gasteiger charge is -2.05. The molecule has 0 atom stereocenters. The maximum absolute atomic E-state index is 12.4. The Morgan fingerprint density at radius 3 is 2.87 bits per heavy atom. The zero-order valence-electron chi connectivity index (χ0n) is 12.5. The molecule has 2 heterocycles. The van der Waals surface area contributed by atoms with Gasteiger partial charge in [0.2, 0.25) is 0 Å². The second-order valence-corrected chi connectivity index (χ2v) is 5.47. The molecule has 4 rings (SSSR count). The van der Waals surface area contributed by atoms with E-state index in [9.17, 15) is 4.79 Å². The van der Waals surface area contributed by atoms with Gasteiger partial charge in [0.25, 0.3) is 5.91 Å². The van der Waals surface area contributed by atoms with E-state index in [2.05, 4.69) is 32.4 Å². The monoisotopic (exact) mass is 304 g/mol. The van der Waals surface area contributed by atoms with Gasteiger partial charge in [-0.15, -0.1) is 0 Å². The standard InChI is InChI=1S/C18H16N4O/c23-18(14-5-3-7-16-17(14)22-11-21-16)19-9-8-12-10-20-15-6-2-1-4-13(12)15/h1-7,10-11,20H,8-9H2,(H,19,23)(H,21,22). The Morgan fingerprint density at radius 1 is 1.04 bits per heavy atom. The van der Waals surface area contributed by atoms with Gasteiger partial charge in [0.1, 0.15) is 5.52 Å². The summed E-state index contributed by atoms with van der Waals surface area (Å²) in [4.78, 5) is 22.9. The summed E-state index contributed by atoms with van der Waals surface area (Å²) in [6.45, 7) is 0.585. The van der Waals surface area contributed by atoms with Gasteiger partial charge in [-0.3, -0.25) is 4.79 Å². The molecule has 23 heavy (non-hydrogen) atoms. The van der Waals surface area contributed by atoms with Crippen LogP contribution >= 0.6 is 0 Å². The lowest BCUT2D eigenvalue weighted by Crippen LogP contribution is -2.25. The van der Waals surface area contributed by atoms with Gasteiger partial charge >= 0.3 is 0 Å². The predicted octanol–water partition coefficient (Wildman–Crippen LogP) is 3.02. The van der Waals surface area contributed by atoms with Crippen LogP contribution in [0.2, 0.25) is 0 Å². The fraction of sp³-hybridized carbons (Fsp3) is 0.111. The van der Waals surface area contributed by atoms with Gasteiger partial charge < -0.3 is 15.3 Å². The minimum Gasteiger partial charge on any atom is -0.361 e. The second-order valence-electron chi connectivity index (χ2n) is 5.47. The molecule has 1 amide bonds. The SMILES string of the molecule is O=C(NCCc1c[nH]c2ccccc12)c1cccc2[nH]cnc12. The Kier molecular flexibility index (Phi) is 3.31. The van der Waals surface area contributed by atoms with E-state index in [1.54, 1.807) is 12.4 Å². The van der Waals surface area contributed by atoms with Crippen LogP contribution in [0.25, 0.3) is 21.9 Å². The molecule has 5 nitrogen and oxygen atoms in total. The fourth-order valence-electron chi connectivity index (χ4n) is 2.89. The first kappa shape index (κ1) is 13.6. The van der Waals surface area contributed by atoms with Crippen LogP contribution in [-0.4, -0.2) is 27.4 Å².